The van der Waals surface area contributed by atoms with Crippen LogP contribution in [0.5, 0.6) is 11.5 Å². The third-order valence-electron chi connectivity index (χ3n) is 6.65. The zero-order valence-electron chi connectivity index (χ0n) is 23.1. The monoisotopic (exact) mass is 764 g/mol. The van der Waals surface area contributed by atoms with Crippen LogP contribution in [0.2, 0.25) is 10.0 Å². The van der Waals surface area contributed by atoms with Crippen molar-refractivity contribution in [1.82, 2.24) is 4.57 Å². The molecule has 43 heavy (non-hydrogen) atoms. The predicted molar refractivity (Wildman–Crippen MR) is 176 cm³/mol. The van der Waals surface area contributed by atoms with Gasteiger partial charge in [0.2, 0.25) is 0 Å². The van der Waals surface area contributed by atoms with Gasteiger partial charge in [0.15, 0.2) is 4.80 Å². The van der Waals surface area contributed by atoms with Gasteiger partial charge in [0.05, 0.1) is 44.5 Å². The Morgan fingerprint density at radius 2 is 1.79 bits per heavy atom. The number of fused-ring (bicyclic) bond motifs is 1. The summed E-state index contributed by atoms with van der Waals surface area (Å²) in [5.41, 5.74) is 2.82. The maximum atomic E-state index is 13.9. The summed E-state index contributed by atoms with van der Waals surface area (Å²) in [7, 11) is 1.58. The van der Waals surface area contributed by atoms with E-state index in [0.29, 0.717) is 51.1 Å². The molecular weight excluding hydrogens is 743 g/mol. The van der Waals surface area contributed by atoms with Crippen LogP contribution in [0.4, 0.5) is 0 Å². The molecule has 0 fully saturated rings. The third kappa shape index (κ3) is 6.63. The number of hydrogen-bond acceptors (Lipinski definition) is 7. The zero-order valence-corrected chi connectivity index (χ0v) is 28.6. The second-order valence-electron chi connectivity index (χ2n) is 9.41. The topological polar surface area (TPSA) is 79.1 Å². The minimum absolute atomic E-state index is 0.200. The first-order chi connectivity index (χ1) is 20.6. The number of carbonyl (C=O) groups excluding carboxylic acids is 1. The number of esters is 1. The molecule has 0 unspecified atom stereocenters. The molecular formula is C31H24Br2Cl2N2O5S. The Kier molecular flexibility index (Phi) is 9.83. The molecule has 7 nitrogen and oxygen atoms in total. The van der Waals surface area contributed by atoms with Crippen LogP contribution < -0.4 is 24.4 Å². The minimum Gasteiger partial charge on any atom is -0.497 e. The van der Waals surface area contributed by atoms with E-state index in [9.17, 15) is 9.59 Å². The number of allylic oxidation sites excluding steroid dienone is 1. The summed E-state index contributed by atoms with van der Waals surface area (Å²) >= 11 is 20.7. The first kappa shape index (κ1) is 31.5. The smallest absolute Gasteiger partial charge is 0.338 e. The number of hydrogen-bond donors (Lipinski definition) is 0. The minimum atomic E-state index is -0.711. The predicted octanol–water partition coefficient (Wildman–Crippen LogP) is 7.22. The lowest BCUT2D eigenvalue weighted by molar-refractivity contribution is -0.139. The number of carbonyl (C=O) groups is 1. The molecule has 0 saturated carbocycles. The number of aromatic nitrogens is 1. The molecule has 1 aromatic heterocycles. The van der Waals surface area contributed by atoms with Gasteiger partial charge < -0.3 is 14.2 Å². The van der Waals surface area contributed by atoms with Crippen LogP contribution in [0.15, 0.2) is 84.6 Å². The van der Waals surface area contributed by atoms with E-state index in [1.54, 1.807) is 55.9 Å². The van der Waals surface area contributed by atoms with Gasteiger partial charge in [-0.15, -0.1) is 0 Å². The molecule has 2 heterocycles. The van der Waals surface area contributed by atoms with E-state index >= 15 is 0 Å². The SMILES string of the molecule is CCOC(=O)C1=C(C)N=c2s/c(=C\c3cc(Br)c(OCc4ccc(Cl)cc4Cl)c(Br)c3)c(=O)n2[C@@H]1c1ccc(OC)cc1. The highest BCUT2D eigenvalue weighted by molar-refractivity contribution is 9.11. The van der Waals surface area contributed by atoms with Crippen molar-refractivity contribution in [2.45, 2.75) is 26.5 Å². The summed E-state index contributed by atoms with van der Waals surface area (Å²) in [4.78, 5) is 32.1. The third-order valence-corrected chi connectivity index (χ3v) is 9.40. The highest BCUT2D eigenvalue weighted by Crippen LogP contribution is 2.36. The molecule has 0 amide bonds. The van der Waals surface area contributed by atoms with Crippen LogP contribution in [-0.2, 0) is 16.1 Å². The Hall–Kier alpha value is -2.89. The number of rotatable bonds is 8. The molecule has 1 aliphatic rings. The molecule has 12 heteroatoms. The van der Waals surface area contributed by atoms with Crippen molar-refractivity contribution in [2.24, 2.45) is 4.99 Å². The van der Waals surface area contributed by atoms with Crippen LogP contribution in [0.25, 0.3) is 6.08 Å². The Bertz CT molecular complexity index is 1910. The van der Waals surface area contributed by atoms with Crippen molar-refractivity contribution in [2.75, 3.05) is 13.7 Å². The molecule has 0 saturated heterocycles. The van der Waals surface area contributed by atoms with Crippen LogP contribution in [0, 0.1) is 0 Å². The van der Waals surface area contributed by atoms with Crippen molar-refractivity contribution in [3.63, 3.8) is 0 Å². The Labute approximate surface area is 278 Å². The van der Waals surface area contributed by atoms with E-state index in [1.807, 2.05) is 30.3 Å². The molecule has 0 N–H and O–H groups in total. The van der Waals surface area contributed by atoms with Crippen molar-refractivity contribution in [1.29, 1.82) is 0 Å². The Morgan fingerprint density at radius 3 is 2.42 bits per heavy atom. The largest absolute Gasteiger partial charge is 0.497 e. The van der Waals surface area contributed by atoms with Gasteiger partial charge in [-0.05, 0) is 99.3 Å². The summed E-state index contributed by atoms with van der Waals surface area (Å²) < 4.78 is 20.1. The normalized spacial score (nSPS) is 14.8. The molecule has 1 aliphatic heterocycles. The van der Waals surface area contributed by atoms with E-state index in [1.165, 1.54) is 11.3 Å². The second-order valence-corrected chi connectivity index (χ2v) is 13.0. The van der Waals surface area contributed by atoms with Crippen LogP contribution in [0.1, 0.15) is 36.6 Å². The van der Waals surface area contributed by atoms with Crippen molar-refractivity contribution >= 4 is 78.4 Å². The highest BCUT2D eigenvalue weighted by atomic mass is 79.9. The number of methoxy groups -OCH3 is 1. The lowest BCUT2D eigenvalue weighted by Gasteiger charge is -2.24. The Balaban J connectivity index is 1.54. The van der Waals surface area contributed by atoms with Crippen LogP contribution >= 0.6 is 66.4 Å². The summed E-state index contributed by atoms with van der Waals surface area (Å²) in [6.07, 6.45) is 1.79. The molecule has 5 rings (SSSR count). The first-order valence-electron chi connectivity index (χ1n) is 13.0. The van der Waals surface area contributed by atoms with Gasteiger partial charge in [-0.3, -0.25) is 9.36 Å². The fraction of sp³-hybridized carbons (Fsp3) is 0.194. The van der Waals surface area contributed by atoms with Gasteiger partial charge in [0, 0.05) is 15.6 Å². The van der Waals surface area contributed by atoms with Crippen molar-refractivity contribution < 1.29 is 19.0 Å². The summed E-state index contributed by atoms with van der Waals surface area (Å²) in [6.45, 7) is 3.93. The van der Waals surface area contributed by atoms with Crippen molar-refractivity contribution in [3.8, 4) is 11.5 Å². The van der Waals surface area contributed by atoms with Gasteiger partial charge in [0.1, 0.15) is 18.1 Å². The van der Waals surface area contributed by atoms with Gasteiger partial charge in [-0.2, -0.15) is 0 Å². The number of thiazole rings is 1. The average Bonchev–Trinajstić information content (AvgIpc) is 3.26. The summed E-state index contributed by atoms with van der Waals surface area (Å²) in [5.74, 6) is 0.732. The molecule has 0 spiro atoms. The quantitative estimate of drug-likeness (QED) is 0.177. The number of benzene rings is 3. The number of halogens is 4. The maximum absolute atomic E-state index is 13.9. The molecule has 222 valence electrons. The molecule has 0 bridgehead atoms. The van der Waals surface area contributed by atoms with E-state index in [0.717, 1.165) is 16.7 Å². The van der Waals surface area contributed by atoms with E-state index < -0.39 is 12.0 Å². The first-order valence-corrected chi connectivity index (χ1v) is 16.2. The lowest BCUT2D eigenvalue weighted by atomic mass is 9.96. The number of ether oxygens (including phenoxy) is 3. The van der Waals surface area contributed by atoms with Gasteiger partial charge in [-0.1, -0.05) is 52.7 Å². The molecule has 3 aromatic carbocycles. The average molecular weight is 767 g/mol. The molecule has 0 aliphatic carbocycles. The fourth-order valence-corrected chi connectivity index (χ4v) is 7.59. The van der Waals surface area contributed by atoms with E-state index in [2.05, 4.69) is 36.9 Å². The lowest BCUT2D eigenvalue weighted by Crippen LogP contribution is -2.39. The van der Waals surface area contributed by atoms with Crippen LogP contribution in [-0.4, -0.2) is 24.3 Å². The molecule has 1 atom stereocenters. The molecule has 4 aromatic rings. The summed E-state index contributed by atoms with van der Waals surface area (Å²) in [5, 5.41) is 1.06. The van der Waals surface area contributed by atoms with E-state index in [4.69, 9.17) is 37.4 Å². The van der Waals surface area contributed by atoms with Crippen molar-refractivity contribution in [3.05, 3.63) is 121 Å². The van der Waals surface area contributed by atoms with Gasteiger partial charge >= 0.3 is 5.97 Å². The number of nitrogens with zero attached hydrogens (tertiary/aromatic N) is 2. The second kappa shape index (κ2) is 13.4. The van der Waals surface area contributed by atoms with Gasteiger partial charge in [0.25, 0.3) is 5.56 Å². The standard InChI is InChI=1S/C31H24Br2Cl2N2O5S/c1-4-41-30(39)26-16(2)36-31-37(27(26)18-6-9-21(40-3)10-7-18)29(38)25(43-31)13-17-11-22(32)28(23(33)12-17)42-15-19-5-8-20(34)14-24(19)35/h5-14,27H,4,15H2,1-3H3/b25-13-/t27-/m1/s1. The van der Waals surface area contributed by atoms with Crippen LogP contribution in [0.3, 0.4) is 0 Å². The molecule has 0 radical (unpaired) electrons. The fourth-order valence-electron chi connectivity index (χ4n) is 4.63. The highest BCUT2D eigenvalue weighted by Gasteiger charge is 2.33. The van der Waals surface area contributed by atoms with Gasteiger partial charge in [-0.25, -0.2) is 9.79 Å². The van der Waals surface area contributed by atoms with E-state index in [-0.39, 0.29) is 18.8 Å². The maximum Gasteiger partial charge on any atom is 0.338 e. The summed E-state index contributed by atoms with van der Waals surface area (Å²) in [6, 6.07) is 15.5. The Morgan fingerprint density at radius 1 is 1.09 bits per heavy atom. The zero-order chi connectivity index (χ0) is 30.8.